The summed E-state index contributed by atoms with van der Waals surface area (Å²) >= 11 is 0. The number of unbranched alkanes of at least 4 members (excludes halogenated alkanes) is 2. The first-order valence-electron chi connectivity index (χ1n) is 9.09. The molecule has 0 aromatic heterocycles. The Bertz CT molecular complexity index is 740. The lowest BCUT2D eigenvalue weighted by Gasteiger charge is -2.07. The molecule has 0 radical (unpaired) electrons. The largest absolute Gasteiger partial charge is 0.496 e. The fraction of sp³-hybridized carbons (Fsp3) is 0.364. The number of carbonyl (C=O) groups is 2. The van der Waals surface area contributed by atoms with E-state index in [4.69, 9.17) is 10.5 Å². The van der Waals surface area contributed by atoms with Gasteiger partial charge in [-0.05, 0) is 30.5 Å². The summed E-state index contributed by atoms with van der Waals surface area (Å²) in [5.74, 6) is 1.16. The van der Waals surface area contributed by atoms with Gasteiger partial charge in [-0.2, -0.15) is 0 Å². The van der Waals surface area contributed by atoms with Crippen LogP contribution in [0.5, 0.6) is 5.75 Å². The van der Waals surface area contributed by atoms with E-state index >= 15 is 0 Å². The summed E-state index contributed by atoms with van der Waals surface area (Å²) in [5.41, 5.74) is 8.35. The number of nitrogens with two attached hydrogens (primary N) is 1. The molecule has 0 atom stereocenters. The molecule has 0 bridgehead atoms. The first-order valence-corrected chi connectivity index (χ1v) is 9.09. The number of nitrogen functional groups attached to an aromatic ring is 1. The molecule has 0 saturated carbocycles. The van der Waals surface area contributed by atoms with Crippen LogP contribution in [0.25, 0.3) is 0 Å². The molecule has 0 amide bonds. The van der Waals surface area contributed by atoms with Crippen molar-refractivity contribution in [3.8, 4) is 5.75 Å². The molecule has 0 unspecified atom stereocenters. The molecule has 138 valence electrons. The summed E-state index contributed by atoms with van der Waals surface area (Å²) in [6, 6.07) is 15.1. The van der Waals surface area contributed by atoms with E-state index in [1.165, 1.54) is 0 Å². The second kappa shape index (κ2) is 10.4. The van der Waals surface area contributed by atoms with Crippen LogP contribution in [0.1, 0.15) is 43.2 Å². The van der Waals surface area contributed by atoms with Gasteiger partial charge in [0.15, 0.2) is 0 Å². The second-order valence-corrected chi connectivity index (χ2v) is 6.50. The summed E-state index contributed by atoms with van der Waals surface area (Å²) in [5, 5.41) is 0. The summed E-state index contributed by atoms with van der Waals surface area (Å²) < 4.78 is 5.27. The third-order valence-corrected chi connectivity index (χ3v) is 4.43. The average Bonchev–Trinajstić information content (AvgIpc) is 2.64. The minimum atomic E-state index is 0.197. The molecule has 0 aliphatic rings. The fourth-order valence-corrected chi connectivity index (χ4v) is 2.97. The molecule has 0 aliphatic heterocycles. The lowest BCUT2D eigenvalue weighted by molar-refractivity contribution is -0.118. The number of benzene rings is 2. The highest BCUT2D eigenvalue weighted by Gasteiger charge is 2.09. The first kappa shape index (κ1) is 19.7. The highest BCUT2D eigenvalue weighted by Crippen LogP contribution is 2.19. The third-order valence-electron chi connectivity index (χ3n) is 4.43. The number of hydrogen-bond acceptors (Lipinski definition) is 4. The number of hydrogen-bond donors (Lipinski definition) is 1. The lowest BCUT2D eigenvalue weighted by Crippen LogP contribution is -2.06. The maximum Gasteiger partial charge on any atom is 0.137 e. The summed E-state index contributed by atoms with van der Waals surface area (Å²) in [6.45, 7) is 0. The van der Waals surface area contributed by atoms with Crippen LogP contribution in [0.3, 0.4) is 0 Å². The summed E-state index contributed by atoms with van der Waals surface area (Å²) in [4.78, 5) is 24.2. The molecule has 2 aromatic rings. The molecule has 0 aliphatic carbocycles. The minimum absolute atomic E-state index is 0.197. The molecule has 4 heteroatoms. The van der Waals surface area contributed by atoms with Gasteiger partial charge in [0.2, 0.25) is 0 Å². The van der Waals surface area contributed by atoms with Crippen molar-refractivity contribution in [2.24, 2.45) is 0 Å². The monoisotopic (exact) mass is 353 g/mol. The molecule has 2 aromatic carbocycles. The van der Waals surface area contributed by atoms with Crippen LogP contribution in [0.2, 0.25) is 0 Å². The maximum absolute atomic E-state index is 12.1. The van der Waals surface area contributed by atoms with Gasteiger partial charge in [0.05, 0.1) is 7.11 Å². The van der Waals surface area contributed by atoms with Crippen molar-refractivity contribution >= 4 is 17.3 Å². The third kappa shape index (κ3) is 6.36. The molecule has 2 rings (SSSR count). The number of para-hydroxylation sites is 2. The number of anilines is 1. The van der Waals surface area contributed by atoms with Crippen LogP contribution in [0.15, 0.2) is 48.5 Å². The molecular weight excluding hydrogens is 326 g/mol. The first-order chi connectivity index (χ1) is 12.6. The summed E-state index contributed by atoms with van der Waals surface area (Å²) in [7, 11) is 1.61. The molecule has 0 heterocycles. The average molecular weight is 353 g/mol. The number of rotatable bonds is 11. The van der Waals surface area contributed by atoms with Gasteiger partial charge in [0, 0.05) is 36.9 Å². The zero-order valence-corrected chi connectivity index (χ0v) is 15.4. The Hall–Kier alpha value is -2.62. The molecule has 0 fully saturated rings. The standard InChI is InChI=1S/C22H27NO3/c1-26-22-14-8-6-10-18(22)16-20(25)12-4-2-3-11-19(24)15-17-9-5-7-13-21(17)23/h5-10,13-14H,2-4,11-12,15-16,23H2,1H3. The topological polar surface area (TPSA) is 69.4 Å². The van der Waals surface area contributed by atoms with E-state index in [1.54, 1.807) is 7.11 Å². The SMILES string of the molecule is COc1ccccc1CC(=O)CCCCCC(=O)Cc1ccccc1N. The summed E-state index contributed by atoms with van der Waals surface area (Å²) in [6.07, 6.45) is 4.37. The van der Waals surface area contributed by atoms with Crippen molar-refractivity contribution in [1.29, 1.82) is 0 Å². The Balaban J connectivity index is 1.63. The highest BCUT2D eigenvalue weighted by molar-refractivity contribution is 5.82. The number of carbonyl (C=O) groups excluding carboxylic acids is 2. The van der Waals surface area contributed by atoms with E-state index in [-0.39, 0.29) is 11.6 Å². The highest BCUT2D eigenvalue weighted by atomic mass is 16.5. The van der Waals surface area contributed by atoms with Crippen LogP contribution in [-0.4, -0.2) is 18.7 Å². The van der Waals surface area contributed by atoms with Crippen molar-refractivity contribution < 1.29 is 14.3 Å². The Labute approximate surface area is 155 Å². The quantitative estimate of drug-likeness (QED) is 0.487. The van der Waals surface area contributed by atoms with Crippen molar-refractivity contribution in [3.05, 3.63) is 59.7 Å². The van der Waals surface area contributed by atoms with E-state index < -0.39 is 0 Å². The van der Waals surface area contributed by atoms with E-state index in [1.807, 2.05) is 48.5 Å². The van der Waals surface area contributed by atoms with E-state index in [0.717, 1.165) is 36.1 Å². The molecule has 0 saturated heterocycles. The number of Topliss-reactive ketones (excluding diaryl/α,β-unsaturated/α-hetero) is 2. The lowest BCUT2D eigenvalue weighted by atomic mass is 10.0. The zero-order valence-electron chi connectivity index (χ0n) is 15.4. The predicted molar refractivity (Wildman–Crippen MR) is 104 cm³/mol. The van der Waals surface area contributed by atoms with Gasteiger partial charge in [0.1, 0.15) is 17.3 Å². The predicted octanol–water partition coefficient (Wildman–Crippen LogP) is 4.15. The van der Waals surface area contributed by atoms with E-state index in [9.17, 15) is 9.59 Å². The molecule has 0 spiro atoms. The van der Waals surface area contributed by atoms with Gasteiger partial charge < -0.3 is 10.5 Å². The van der Waals surface area contributed by atoms with Gasteiger partial charge in [-0.15, -0.1) is 0 Å². The Morgan fingerprint density at radius 1 is 0.808 bits per heavy atom. The smallest absolute Gasteiger partial charge is 0.137 e. The van der Waals surface area contributed by atoms with Crippen LogP contribution < -0.4 is 10.5 Å². The maximum atomic E-state index is 12.1. The Kier molecular flexibility index (Phi) is 7.87. The van der Waals surface area contributed by atoms with Crippen LogP contribution >= 0.6 is 0 Å². The molecular formula is C22H27NO3. The minimum Gasteiger partial charge on any atom is -0.496 e. The Morgan fingerprint density at radius 2 is 1.35 bits per heavy atom. The van der Waals surface area contributed by atoms with Crippen LogP contribution in [-0.2, 0) is 22.4 Å². The zero-order chi connectivity index (χ0) is 18.8. The molecule has 2 N–H and O–H groups in total. The molecule has 4 nitrogen and oxygen atoms in total. The van der Waals surface area contributed by atoms with Gasteiger partial charge >= 0.3 is 0 Å². The number of ether oxygens (including phenoxy) is 1. The van der Waals surface area contributed by atoms with Crippen molar-refractivity contribution in [2.45, 2.75) is 44.9 Å². The van der Waals surface area contributed by atoms with Gasteiger partial charge in [-0.25, -0.2) is 0 Å². The van der Waals surface area contributed by atoms with Crippen molar-refractivity contribution in [1.82, 2.24) is 0 Å². The van der Waals surface area contributed by atoms with Crippen molar-refractivity contribution in [3.63, 3.8) is 0 Å². The molecule has 26 heavy (non-hydrogen) atoms. The van der Waals surface area contributed by atoms with E-state index in [2.05, 4.69) is 0 Å². The Morgan fingerprint density at radius 3 is 1.96 bits per heavy atom. The van der Waals surface area contributed by atoms with Crippen LogP contribution in [0, 0.1) is 0 Å². The van der Waals surface area contributed by atoms with Crippen LogP contribution in [0.4, 0.5) is 5.69 Å². The number of ketones is 2. The second-order valence-electron chi connectivity index (χ2n) is 6.50. The normalized spacial score (nSPS) is 10.5. The van der Waals surface area contributed by atoms with Gasteiger partial charge in [-0.3, -0.25) is 9.59 Å². The number of methoxy groups -OCH3 is 1. The van der Waals surface area contributed by atoms with E-state index in [0.29, 0.717) is 31.4 Å². The fourth-order valence-electron chi connectivity index (χ4n) is 2.97. The van der Waals surface area contributed by atoms with Gasteiger partial charge in [-0.1, -0.05) is 42.8 Å². The van der Waals surface area contributed by atoms with Gasteiger partial charge in [0.25, 0.3) is 0 Å². The van der Waals surface area contributed by atoms with Crippen molar-refractivity contribution in [2.75, 3.05) is 12.8 Å².